The van der Waals surface area contributed by atoms with Crippen molar-refractivity contribution >= 4 is 33.1 Å². The quantitative estimate of drug-likeness (QED) is 0.167. The smallest absolute Gasteiger partial charge is 0.165 e. The molecule has 0 aliphatic rings. The van der Waals surface area contributed by atoms with Gasteiger partial charge in [0.15, 0.2) is 11.5 Å². The van der Waals surface area contributed by atoms with E-state index in [4.69, 9.17) is 14.4 Å². The molecule has 0 atom stereocenters. The van der Waals surface area contributed by atoms with Crippen LogP contribution in [0.5, 0.6) is 0 Å². The minimum Gasteiger partial charge on any atom is -0.455 e. The topological polar surface area (TPSA) is 43.9 Å². The Kier molecular flexibility index (Phi) is 8.04. The first-order valence-corrected chi connectivity index (χ1v) is 18.6. The van der Waals surface area contributed by atoms with Crippen LogP contribution in [0.25, 0.3) is 83.6 Å². The third-order valence-corrected chi connectivity index (χ3v) is 10.5. The fraction of sp³-hybridized carbons (Fsp3) is 0.143. The highest BCUT2D eigenvalue weighted by molar-refractivity contribution is 6.10. The van der Waals surface area contributed by atoms with E-state index in [1.165, 1.54) is 33.4 Å². The Morgan fingerprint density at radius 3 is 1.74 bits per heavy atom. The summed E-state index contributed by atoms with van der Waals surface area (Å²) < 4.78 is 9.17. The van der Waals surface area contributed by atoms with Crippen LogP contribution in [0.15, 0.2) is 150 Å². The zero-order chi connectivity index (χ0) is 36.2. The number of imidazole rings is 1. The summed E-state index contributed by atoms with van der Waals surface area (Å²) in [6.45, 7) is 11.2. The summed E-state index contributed by atoms with van der Waals surface area (Å²) >= 11 is 0. The highest BCUT2D eigenvalue weighted by atomic mass is 16.3. The van der Waals surface area contributed by atoms with Crippen molar-refractivity contribution < 1.29 is 4.42 Å². The van der Waals surface area contributed by atoms with Crippen molar-refractivity contribution in [2.24, 2.45) is 0 Å². The van der Waals surface area contributed by atoms with E-state index in [1.807, 2.05) is 6.07 Å². The molecule has 0 spiro atoms. The van der Waals surface area contributed by atoms with Crippen LogP contribution in [0.3, 0.4) is 0 Å². The predicted octanol–water partition coefficient (Wildman–Crippen LogP) is 13.5. The highest BCUT2D eigenvalue weighted by Gasteiger charge is 2.26. The van der Waals surface area contributed by atoms with Gasteiger partial charge in [0, 0.05) is 16.5 Å². The number of hydrogen-bond acceptors (Lipinski definition) is 3. The predicted molar refractivity (Wildman–Crippen MR) is 221 cm³/mol. The number of hydrogen-bond donors (Lipinski definition) is 0. The molecule has 258 valence electrons. The molecule has 9 aromatic rings. The number of furan rings is 1. The lowest BCUT2D eigenvalue weighted by Crippen LogP contribution is -2.10. The number of aromatic nitrogens is 3. The fourth-order valence-corrected chi connectivity index (χ4v) is 7.70. The van der Waals surface area contributed by atoms with Gasteiger partial charge in [-0.25, -0.2) is 9.97 Å². The van der Waals surface area contributed by atoms with Crippen molar-refractivity contribution in [2.45, 2.75) is 46.5 Å². The molecule has 0 N–H and O–H groups in total. The Morgan fingerprint density at radius 1 is 0.509 bits per heavy atom. The van der Waals surface area contributed by atoms with E-state index in [0.717, 1.165) is 67.0 Å². The molecular formula is C49H41N3O. The van der Waals surface area contributed by atoms with Crippen LogP contribution in [0.2, 0.25) is 0 Å². The molecule has 0 unspecified atom stereocenters. The van der Waals surface area contributed by atoms with Gasteiger partial charge in [-0.1, -0.05) is 131 Å². The zero-order valence-corrected chi connectivity index (χ0v) is 30.8. The number of rotatable bonds is 7. The van der Waals surface area contributed by atoms with Gasteiger partial charge in [0.1, 0.15) is 16.7 Å². The Hall–Kier alpha value is -6.26. The van der Waals surface area contributed by atoms with Crippen LogP contribution in [0.1, 0.15) is 56.4 Å². The lowest BCUT2D eigenvalue weighted by molar-refractivity contribution is 0.669. The molecule has 6 aromatic carbocycles. The van der Waals surface area contributed by atoms with Gasteiger partial charge in [0.25, 0.3) is 0 Å². The summed E-state index contributed by atoms with van der Waals surface area (Å²) in [5.41, 5.74) is 16.1. The Morgan fingerprint density at radius 2 is 1.09 bits per heavy atom. The summed E-state index contributed by atoms with van der Waals surface area (Å²) in [6.07, 6.45) is 0. The molecule has 3 heterocycles. The van der Waals surface area contributed by atoms with Crippen molar-refractivity contribution in [1.82, 2.24) is 14.5 Å². The summed E-state index contributed by atoms with van der Waals surface area (Å²) in [7, 11) is 0. The molecule has 9 rings (SSSR count). The van der Waals surface area contributed by atoms with Crippen LogP contribution in [0.4, 0.5) is 0 Å². The number of nitrogens with zero attached hydrogens (tertiary/aromatic N) is 3. The maximum Gasteiger partial charge on any atom is 0.165 e. The number of pyridine rings is 1. The van der Waals surface area contributed by atoms with Crippen LogP contribution < -0.4 is 0 Å². The minimum atomic E-state index is 0.253. The van der Waals surface area contributed by atoms with Crippen LogP contribution in [-0.4, -0.2) is 14.5 Å². The second kappa shape index (κ2) is 13.1. The molecule has 0 radical (unpaired) electrons. The second-order valence-electron chi connectivity index (χ2n) is 14.7. The molecule has 0 aliphatic carbocycles. The number of aryl methyl sites for hydroxylation is 1. The molecule has 4 nitrogen and oxygen atoms in total. The first kappa shape index (κ1) is 32.6. The standard InChI is InChI=1S/C49H41N3O/c1-30(2)42-27-38(34-15-10-7-11-16-34)28-43(31(3)4)46(42)52-48(51-44-26-19-32(5)50-49(44)52)41-18-12-17-40-39-25-24-37(29-45(39)53-47(40)41)36-22-20-35(21-23-36)33-13-8-6-9-14-33/h6-31H,1-5H3. The van der Waals surface area contributed by atoms with E-state index in [-0.39, 0.29) is 11.8 Å². The van der Waals surface area contributed by atoms with E-state index in [9.17, 15) is 0 Å². The summed E-state index contributed by atoms with van der Waals surface area (Å²) in [6, 6.07) is 51.8. The number of para-hydroxylation sites is 1. The number of fused-ring (bicyclic) bond motifs is 4. The summed E-state index contributed by atoms with van der Waals surface area (Å²) in [4.78, 5) is 10.5. The Bertz CT molecular complexity index is 2740. The molecular weight excluding hydrogens is 647 g/mol. The third-order valence-electron chi connectivity index (χ3n) is 10.5. The molecule has 0 saturated carbocycles. The van der Waals surface area contributed by atoms with Gasteiger partial charge in [0.2, 0.25) is 0 Å². The van der Waals surface area contributed by atoms with Gasteiger partial charge in [-0.2, -0.15) is 0 Å². The van der Waals surface area contributed by atoms with Gasteiger partial charge in [-0.15, -0.1) is 0 Å². The average molecular weight is 688 g/mol. The number of benzene rings is 6. The molecule has 53 heavy (non-hydrogen) atoms. The lowest BCUT2D eigenvalue weighted by Gasteiger charge is -2.24. The third kappa shape index (κ3) is 5.72. The summed E-state index contributed by atoms with van der Waals surface area (Å²) in [5.74, 6) is 1.34. The van der Waals surface area contributed by atoms with Crippen molar-refractivity contribution in [3.05, 3.63) is 162 Å². The fourth-order valence-electron chi connectivity index (χ4n) is 7.70. The molecule has 4 heteroatoms. The van der Waals surface area contributed by atoms with E-state index >= 15 is 0 Å². The average Bonchev–Trinajstić information content (AvgIpc) is 3.75. The van der Waals surface area contributed by atoms with Gasteiger partial charge < -0.3 is 4.42 Å². The zero-order valence-electron chi connectivity index (χ0n) is 30.8. The Balaban J connectivity index is 1.25. The minimum absolute atomic E-state index is 0.253. The largest absolute Gasteiger partial charge is 0.455 e. The van der Waals surface area contributed by atoms with E-state index in [1.54, 1.807) is 0 Å². The molecule has 0 bridgehead atoms. The van der Waals surface area contributed by atoms with Crippen molar-refractivity contribution in [3.8, 4) is 50.5 Å². The van der Waals surface area contributed by atoms with E-state index < -0.39 is 0 Å². The van der Waals surface area contributed by atoms with Crippen LogP contribution in [-0.2, 0) is 0 Å². The monoisotopic (exact) mass is 687 g/mol. The van der Waals surface area contributed by atoms with Gasteiger partial charge in [-0.05, 0) is 106 Å². The van der Waals surface area contributed by atoms with E-state index in [2.05, 4.69) is 179 Å². The SMILES string of the molecule is Cc1ccc2nc(-c3cccc4c3oc3cc(-c5ccc(-c6ccccc6)cc5)ccc34)n(-c3c(C(C)C)cc(-c4ccccc4)cc3C(C)C)c2n1. The molecule has 0 amide bonds. The van der Waals surface area contributed by atoms with Gasteiger partial charge in [0.05, 0.1) is 11.3 Å². The van der Waals surface area contributed by atoms with Crippen LogP contribution >= 0.6 is 0 Å². The molecule has 0 saturated heterocycles. The lowest BCUT2D eigenvalue weighted by atomic mass is 9.88. The summed E-state index contributed by atoms with van der Waals surface area (Å²) in [5, 5.41) is 2.15. The van der Waals surface area contributed by atoms with Crippen LogP contribution in [0, 0.1) is 6.92 Å². The van der Waals surface area contributed by atoms with Crippen molar-refractivity contribution in [3.63, 3.8) is 0 Å². The second-order valence-corrected chi connectivity index (χ2v) is 14.7. The van der Waals surface area contributed by atoms with Gasteiger partial charge in [-0.3, -0.25) is 4.57 Å². The molecule has 0 fully saturated rings. The maximum absolute atomic E-state index is 6.86. The normalized spacial score (nSPS) is 11.8. The van der Waals surface area contributed by atoms with E-state index in [0.29, 0.717) is 0 Å². The first-order chi connectivity index (χ1) is 25.8. The Labute approximate surface area is 310 Å². The first-order valence-electron chi connectivity index (χ1n) is 18.6. The molecule has 0 aliphatic heterocycles. The highest BCUT2D eigenvalue weighted by Crippen LogP contribution is 2.43. The van der Waals surface area contributed by atoms with Crippen molar-refractivity contribution in [1.29, 1.82) is 0 Å². The maximum atomic E-state index is 6.86. The van der Waals surface area contributed by atoms with Gasteiger partial charge >= 0.3 is 0 Å². The molecule has 3 aromatic heterocycles. The van der Waals surface area contributed by atoms with Crippen molar-refractivity contribution in [2.75, 3.05) is 0 Å².